The van der Waals surface area contributed by atoms with Gasteiger partial charge in [0, 0.05) is 0 Å². The zero-order valence-corrected chi connectivity index (χ0v) is 9.52. The van der Waals surface area contributed by atoms with Gasteiger partial charge in [-0.25, -0.2) is 0 Å². The maximum absolute atomic E-state index is 8.88. The second kappa shape index (κ2) is 10.3. The second-order valence-electron chi connectivity index (χ2n) is 3.39. The van der Waals surface area contributed by atoms with Crippen LogP contribution in [0.3, 0.4) is 0 Å². The summed E-state index contributed by atoms with van der Waals surface area (Å²) in [5.74, 6) is 0. The third kappa shape index (κ3) is 10.1. The first-order chi connectivity index (χ1) is 7.20. The lowest BCUT2D eigenvalue weighted by Crippen LogP contribution is -2.26. The van der Waals surface area contributed by atoms with Crippen LogP contribution >= 0.6 is 0 Å². The van der Waals surface area contributed by atoms with E-state index in [1.54, 1.807) is 0 Å². The molecular formula is C10H22O5. The van der Waals surface area contributed by atoms with Crippen LogP contribution < -0.4 is 0 Å². The van der Waals surface area contributed by atoms with Crippen LogP contribution in [0.25, 0.3) is 0 Å². The summed E-state index contributed by atoms with van der Waals surface area (Å²) in [7, 11) is 0. The van der Waals surface area contributed by atoms with E-state index in [2.05, 4.69) is 0 Å². The number of ether oxygens (including phenoxy) is 3. The Bertz CT molecular complexity index is 129. The molecule has 0 aliphatic heterocycles. The van der Waals surface area contributed by atoms with E-state index in [0.29, 0.717) is 19.8 Å². The van der Waals surface area contributed by atoms with Crippen LogP contribution in [0.15, 0.2) is 0 Å². The molecule has 1 unspecified atom stereocenters. The summed E-state index contributed by atoms with van der Waals surface area (Å²) in [5, 5.41) is 17.4. The quantitative estimate of drug-likeness (QED) is 0.501. The molecule has 1 atom stereocenters. The standard InChI is InChI=1S/C10H22O5/c1-9(2)14-6-5-13-8-10(7-12)15-4-3-11/h9-12H,3-8H2,1-2H3. The molecule has 0 saturated heterocycles. The minimum Gasteiger partial charge on any atom is -0.394 e. The van der Waals surface area contributed by atoms with Crippen LogP contribution in [0.1, 0.15) is 13.8 Å². The van der Waals surface area contributed by atoms with E-state index in [1.807, 2.05) is 13.8 Å². The Labute approximate surface area is 91.0 Å². The first kappa shape index (κ1) is 14.8. The Hall–Kier alpha value is -0.200. The van der Waals surface area contributed by atoms with Gasteiger partial charge >= 0.3 is 0 Å². The number of aliphatic hydroxyl groups excluding tert-OH is 2. The molecule has 0 aliphatic rings. The fourth-order valence-electron chi connectivity index (χ4n) is 0.930. The molecule has 0 rings (SSSR count). The van der Waals surface area contributed by atoms with Crippen LogP contribution in [0.2, 0.25) is 0 Å². The largest absolute Gasteiger partial charge is 0.394 e. The highest BCUT2D eigenvalue weighted by atomic mass is 16.6. The highest BCUT2D eigenvalue weighted by Gasteiger charge is 2.07. The number of aliphatic hydroxyl groups is 2. The van der Waals surface area contributed by atoms with Gasteiger partial charge in [-0.1, -0.05) is 0 Å². The molecule has 0 spiro atoms. The summed E-state index contributed by atoms with van der Waals surface area (Å²) in [6, 6.07) is 0. The Kier molecular flexibility index (Phi) is 10.2. The molecule has 0 fully saturated rings. The SMILES string of the molecule is CC(C)OCCOCC(CO)OCCO. The van der Waals surface area contributed by atoms with E-state index in [4.69, 9.17) is 24.4 Å². The molecule has 15 heavy (non-hydrogen) atoms. The molecule has 0 saturated carbocycles. The van der Waals surface area contributed by atoms with Gasteiger partial charge in [0.1, 0.15) is 6.10 Å². The Balaban J connectivity index is 3.30. The topological polar surface area (TPSA) is 68.2 Å². The molecule has 0 radical (unpaired) electrons. The van der Waals surface area contributed by atoms with Crippen molar-refractivity contribution < 1.29 is 24.4 Å². The van der Waals surface area contributed by atoms with Gasteiger partial charge in [-0.05, 0) is 13.8 Å². The van der Waals surface area contributed by atoms with Crippen molar-refractivity contribution in [2.45, 2.75) is 26.1 Å². The van der Waals surface area contributed by atoms with Crippen molar-refractivity contribution in [2.24, 2.45) is 0 Å². The second-order valence-corrected chi connectivity index (χ2v) is 3.39. The minimum atomic E-state index is -0.365. The predicted octanol–water partition coefficient (Wildman–Crippen LogP) is -0.202. The van der Waals surface area contributed by atoms with E-state index in [-0.39, 0.29) is 32.0 Å². The van der Waals surface area contributed by atoms with Crippen LogP contribution in [-0.4, -0.2) is 62.1 Å². The Morgan fingerprint density at radius 2 is 1.73 bits per heavy atom. The molecule has 5 heteroatoms. The van der Waals surface area contributed by atoms with E-state index in [1.165, 1.54) is 0 Å². The fraction of sp³-hybridized carbons (Fsp3) is 1.00. The summed E-state index contributed by atoms with van der Waals surface area (Å²) in [4.78, 5) is 0. The normalized spacial score (nSPS) is 13.4. The lowest BCUT2D eigenvalue weighted by Gasteiger charge is -2.15. The molecule has 0 aromatic heterocycles. The van der Waals surface area contributed by atoms with Crippen LogP contribution in [0.4, 0.5) is 0 Å². The van der Waals surface area contributed by atoms with Crippen molar-refractivity contribution in [3.05, 3.63) is 0 Å². The van der Waals surface area contributed by atoms with E-state index >= 15 is 0 Å². The molecular weight excluding hydrogens is 200 g/mol. The van der Waals surface area contributed by atoms with Crippen molar-refractivity contribution in [1.29, 1.82) is 0 Å². The van der Waals surface area contributed by atoms with Gasteiger partial charge in [-0.2, -0.15) is 0 Å². The van der Waals surface area contributed by atoms with Crippen molar-refractivity contribution in [3.63, 3.8) is 0 Å². The predicted molar refractivity (Wildman–Crippen MR) is 55.8 cm³/mol. The molecule has 0 aromatic rings. The third-order valence-electron chi connectivity index (χ3n) is 1.63. The number of hydrogen-bond donors (Lipinski definition) is 2. The molecule has 5 nitrogen and oxygen atoms in total. The van der Waals surface area contributed by atoms with Gasteiger partial charge < -0.3 is 24.4 Å². The molecule has 2 N–H and O–H groups in total. The summed E-state index contributed by atoms with van der Waals surface area (Å²) in [5.41, 5.74) is 0. The van der Waals surface area contributed by atoms with Crippen LogP contribution in [0.5, 0.6) is 0 Å². The third-order valence-corrected chi connectivity index (χ3v) is 1.63. The van der Waals surface area contributed by atoms with Crippen LogP contribution in [0, 0.1) is 0 Å². The zero-order chi connectivity index (χ0) is 11.5. The first-order valence-corrected chi connectivity index (χ1v) is 5.23. The van der Waals surface area contributed by atoms with E-state index < -0.39 is 0 Å². The number of hydrogen-bond acceptors (Lipinski definition) is 5. The van der Waals surface area contributed by atoms with Crippen molar-refractivity contribution in [1.82, 2.24) is 0 Å². The molecule has 0 heterocycles. The van der Waals surface area contributed by atoms with Gasteiger partial charge in [0.2, 0.25) is 0 Å². The lowest BCUT2D eigenvalue weighted by atomic mass is 10.4. The average Bonchev–Trinajstić information content (AvgIpc) is 2.21. The van der Waals surface area contributed by atoms with Gasteiger partial charge in [0.05, 0.1) is 45.7 Å². The van der Waals surface area contributed by atoms with Crippen molar-refractivity contribution in [3.8, 4) is 0 Å². The van der Waals surface area contributed by atoms with Gasteiger partial charge in [0.15, 0.2) is 0 Å². The molecule has 0 aliphatic carbocycles. The molecule has 0 bridgehead atoms. The van der Waals surface area contributed by atoms with Gasteiger partial charge in [-0.15, -0.1) is 0 Å². The number of rotatable bonds is 10. The maximum atomic E-state index is 8.88. The summed E-state index contributed by atoms with van der Waals surface area (Å²) < 4.78 is 15.6. The van der Waals surface area contributed by atoms with E-state index in [0.717, 1.165) is 0 Å². The highest BCUT2D eigenvalue weighted by Crippen LogP contribution is 1.93. The first-order valence-electron chi connectivity index (χ1n) is 5.23. The van der Waals surface area contributed by atoms with Crippen molar-refractivity contribution in [2.75, 3.05) is 39.6 Å². The zero-order valence-electron chi connectivity index (χ0n) is 9.52. The fourth-order valence-corrected chi connectivity index (χ4v) is 0.930. The molecule has 92 valence electrons. The van der Waals surface area contributed by atoms with Crippen molar-refractivity contribution >= 4 is 0 Å². The summed E-state index contributed by atoms with van der Waals surface area (Å²) >= 11 is 0. The molecule has 0 aromatic carbocycles. The van der Waals surface area contributed by atoms with Gasteiger partial charge in [-0.3, -0.25) is 0 Å². The smallest absolute Gasteiger partial charge is 0.104 e. The summed E-state index contributed by atoms with van der Waals surface area (Å²) in [6.45, 7) is 5.32. The maximum Gasteiger partial charge on any atom is 0.104 e. The summed E-state index contributed by atoms with van der Waals surface area (Å²) in [6.07, 6.45) is -0.163. The van der Waals surface area contributed by atoms with Crippen LogP contribution in [-0.2, 0) is 14.2 Å². The Morgan fingerprint density at radius 1 is 1.00 bits per heavy atom. The van der Waals surface area contributed by atoms with Gasteiger partial charge in [0.25, 0.3) is 0 Å². The lowest BCUT2D eigenvalue weighted by molar-refractivity contribution is -0.0626. The highest BCUT2D eigenvalue weighted by molar-refractivity contribution is 4.53. The average molecular weight is 222 g/mol. The van der Waals surface area contributed by atoms with E-state index in [9.17, 15) is 0 Å². The molecule has 0 amide bonds. The minimum absolute atomic E-state index is 0.0487. The monoisotopic (exact) mass is 222 g/mol. The Morgan fingerprint density at radius 3 is 2.27 bits per heavy atom.